The molecule has 122 valence electrons. The van der Waals surface area contributed by atoms with E-state index in [1.165, 1.54) is 0 Å². The maximum Gasteiger partial charge on any atom is 0.237 e. The van der Waals surface area contributed by atoms with Crippen LogP contribution in [0.15, 0.2) is 5.16 Å². The van der Waals surface area contributed by atoms with Gasteiger partial charge >= 0.3 is 0 Å². The van der Waals surface area contributed by atoms with E-state index in [-0.39, 0.29) is 17.8 Å². The molecule has 1 fully saturated rings. The third-order valence-corrected chi connectivity index (χ3v) is 4.27. The van der Waals surface area contributed by atoms with E-state index < -0.39 is 5.41 Å². The number of methoxy groups -OCH3 is 1. The second kappa shape index (κ2) is 8.19. The van der Waals surface area contributed by atoms with Crippen LogP contribution in [0.5, 0.6) is 0 Å². The summed E-state index contributed by atoms with van der Waals surface area (Å²) in [4.78, 5) is 14.8. The van der Waals surface area contributed by atoms with Crippen molar-refractivity contribution in [2.75, 3.05) is 33.5 Å². The van der Waals surface area contributed by atoms with Crippen LogP contribution in [0.25, 0.3) is 0 Å². The molecule has 0 radical (unpaired) electrons. The van der Waals surface area contributed by atoms with E-state index in [1.807, 2.05) is 13.8 Å². The zero-order valence-electron chi connectivity index (χ0n) is 13.2. The van der Waals surface area contributed by atoms with Gasteiger partial charge in [-0.3, -0.25) is 4.79 Å². The van der Waals surface area contributed by atoms with Crippen molar-refractivity contribution in [3.63, 3.8) is 0 Å². The van der Waals surface area contributed by atoms with Gasteiger partial charge in [0.25, 0.3) is 0 Å². The predicted molar refractivity (Wildman–Crippen MR) is 79.2 cm³/mol. The zero-order valence-corrected chi connectivity index (χ0v) is 13.2. The van der Waals surface area contributed by atoms with Gasteiger partial charge in [0.2, 0.25) is 5.91 Å². The van der Waals surface area contributed by atoms with E-state index in [4.69, 9.17) is 20.4 Å². The third kappa shape index (κ3) is 3.85. The Bertz CT molecular complexity index is 367. The van der Waals surface area contributed by atoms with Crippen molar-refractivity contribution in [3.8, 4) is 0 Å². The minimum atomic E-state index is -0.968. The Balaban J connectivity index is 3.05. The first-order valence-electron chi connectivity index (χ1n) is 7.39. The average Bonchev–Trinajstić information content (AvgIpc) is 2.54. The molecule has 1 heterocycles. The van der Waals surface area contributed by atoms with Crippen molar-refractivity contribution in [3.05, 3.63) is 0 Å². The highest BCUT2D eigenvalue weighted by molar-refractivity contribution is 6.06. The summed E-state index contributed by atoms with van der Waals surface area (Å²) in [5.41, 5.74) is 4.89. The van der Waals surface area contributed by atoms with Crippen LogP contribution in [0.4, 0.5) is 0 Å². The van der Waals surface area contributed by atoms with Gasteiger partial charge in [-0.1, -0.05) is 12.1 Å². The first kappa shape index (κ1) is 17.7. The summed E-state index contributed by atoms with van der Waals surface area (Å²) in [6.45, 7) is 5.83. The van der Waals surface area contributed by atoms with Crippen LogP contribution in [0, 0.1) is 5.41 Å². The fraction of sp³-hybridized carbons (Fsp3) is 0.857. The minimum Gasteiger partial charge on any atom is -0.409 e. The number of amidine groups is 1. The van der Waals surface area contributed by atoms with Crippen LogP contribution in [-0.2, 0) is 14.3 Å². The summed E-state index contributed by atoms with van der Waals surface area (Å²) in [5, 5.41) is 12.2. The molecule has 0 spiro atoms. The largest absolute Gasteiger partial charge is 0.409 e. The van der Waals surface area contributed by atoms with Gasteiger partial charge in [-0.05, 0) is 26.2 Å². The number of amides is 1. The lowest BCUT2D eigenvalue weighted by atomic mass is 9.77. The van der Waals surface area contributed by atoms with E-state index in [1.54, 1.807) is 12.0 Å². The van der Waals surface area contributed by atoms with Gasteiger partial charge in [-0.15, -0.1) is 0 Å². The standard InChI is InChI=1S/C14H27N3O4/c1-4-11(2)17(7-10-20-3)13(18)14(12(15)16-19)5-8-21-9-6-14/h11,19H,4-10H2,1-3H3,(H2,15,16). The molecule has 1 amide bonds. The van der Waals surface area contributed by atoms with Crippen molar-refractivity contribution >= 4 is 11.7 Å². The highest BCUT2D eigenvalue weighted by atomic mass is 16.5. The van der Waals surface area contributed by atoms with Crippen LogP contribution in [0.1, 0.15) is 33.1 Å². The number of nitrogens with zero attached hydrogens (tertiary/aromatic N) is 2. The van der Waals surface area contributed by atoms with Gasteiger partial charge in [0.15, 0.2) is 5.84 Å². The van der Waals surface area contributed by atoms with Gasteiger partial charge in [-0.25, -0.2) is 0 Å². The molecule has 0 aliphatic carbocycles. The first-order valence-corrected chi connectivity index (χ1v) is 7.39. The molecule has 21 heavy (non-hydrogen) atoms. The Kier molecular flexibility index (Phi) is 6.91. The number of carbonyl (C=O) groups excluding carboxylic acids is 1. The SMILES string of the molecule is CCC(C)N(CCOC)C(=O)C1(C(N)=NO)CCOCC1. The molecule has 0 bridgehead atoms. The number of hydrogen-bond donors (Lipinski definition) is 2. The molecule has 1 rings (SSSR count). The molecule has 0 aromatic rings. The van der Waals surface area contributed by atoms with Crippen LogP contribution >= 0.6 is 0 Å². The van der Waals surface area contributed by atoms with Crippen LogP contribution in [0.3, 0.4) is 0 Å². The summed E-state index contributed by atoms with van der Waals surface area (Å²) in [5.74, 6) is -0.131. The highest BCUT2D eigenvalue weighted by Gasteiger charge is 2.47. The minimum absolute atomic E-state index is 0.0264. The number of ether oxygens (including phenoxy) is 2. The molecule has 3 N–H and O–H groups in total. The number of nitrogens with two attached hydrogens (primary N) is 1. The Morgan fingerprint density at radius 1 is 1.52 bits per heavy atom. The number of carbonyl (C=O) groups is 1. The third-order valence-electron chi connectivity index (χ3n) is 4.27. The molecule has 1 aliphatic heterocycles. The van der Waals surface area contributed by atoms with E-state index in [0.717, 1.165) is 6.42 Å². The molecule has 1 atom stereocenters. The lowest BCUT2D eigenvalue weighted by Crippen LogP contribution is -2.56. The lowest BCUT2D eigenvalue weighted by Gasteiger charge is -2.40. The monoisotopic (exact) mass is 301 g/mol. The maximum atomic E-state index is 13.1. The van der Waals surface area contributed by atoms with Gasteiger partial charge in [-0.2, -0.15) is 0 Å². The van der Waals surface area contributed by atoms with E-state index in [0.29, 0.717) is 39.2 Å². The summed E-state index contributed by atoms with van der Waals surface area (Å²) in [6.07, 6.45) is 1.70. The Morgan fingerprint density at radius 2 is 2.14 bits per heavy atom. The molecule has 0 aromatic heterocycles. The van der Waals surface area contributed by atoms with Crippen molar-refractivity contribution in [1.29, 1.82) is 0 Å². The molecule has 1 aliphatic rings. The van der Waals surface area contributed by atoms with Crippen LogP contribution < -0.4 is 5.73 Å². The van der Waals surface area contributed by atoms with E-state index in [9.17, 15) is 4.79 Å². The predicted octanol–water partition coefficient (Wildman–Crippen LogP) is 0.803. The topological polar surface area (TPSA) is 97.4 Å². The number of hydrogen-bond acceptors (Lipinski definition) is 5. The van der Waals surface area contributed by atoms with E-state index >= 15 is 0 Å². The summed E-state index contributed by atoms with van der Waals surface area (Å²) in [6, 6.07) is 0.0684. The van der Waals surface area contributed by atoms with Crippen LogP contribution in [-0.4, -0.2) is 61.4 Å². The average molecular weight is 301 g/mol. The fourth-order valence-electron chi connectivity index (χ4n) is 2.60. The molecule has 0 aromatic carbocycles. The normalized spacial score (nSPS) is 20.0. The number of rotatable bonds is 7. The van der Waals surface area contributed by atoms with Crippen molar-refractivity contribution in [2.24, 2.45) is 16.3 Å². The first-order chi connectivity index (χ1) is 10.0. The highest BCUT2D eigenvalue weighted by Crippen LogP contribution is 2.34. The van der Waals surface area contributed by atoms with Crippen molar-refractivity contribution in [2.45, 2.75) is 39.2 Å². The van der Waals surface area contributed by atoms with Crippen molar-refractivity contribution < 1.29 is 19.5 Å². The lowest BCUT2D eigenvalue weighted by molar-refractivity contribution is -0.145. The molecule has 1 unspecified atom stereocenters. The zero-order chi connectivity index (χ0) is 15.9. The molecule has 0 saturated carbocycles. The molecule has 1 saturated heterocycles. The van der Waals surface area contributed by atoms with Crippen molar-refractivity contribution in [1.82, 2.24) is 4.90 Å². The molecular formula is C14H27N3O4. The van der Waals surface area contributed by atoms with Crippen LogP contribution in [0.2, 0.25) is 0 Å². The van der Waals surface area contributed by atoms with Gasteiger partial charge in [0.1, 0.15) is 5.41 Å². The summed E-state index contributed by atoms with van der Waals surface area (Å²) < 4.78 is 10.4. The fourth-order valence-corrected chi connectivity index (χ4v) is 2.60. The molecular weight excluding hydrogens is 274 g/mol. The summed E-state index contributed by atoms with van der Waals surface area (Å²) in [7, 11) is 1.60. The van der Waals surface area contributed by atoms with Gasteiger partial charge in [0, 0.05) is 32.9 Å². The van der Waals surface area contributed by atoms with Gasteiger partial charge < -0.3 is 25.3 Å². The Labute approximate surface area is 126 Å². The Hall–Kier alpha value is -1.34. The van der Waals surface area contributed by atoms with Gasteiger partial charge in [0.05, 0.1) is 6.61 Å². The maximum absolute atomic E-state index is 13.1. The summed E-state index contributed by atoms with van der Waals surface area (Å²) >= 11 is 0. The molecule has 7 nitrogen and oxygen atoms in total. The smallest absolute Gasteiger partial charge is 0.237 e. The second-order valence-electron chi connectivity index (χ2n) is 5.43. The number of oxime groups is 1. The Morgan fingerprint density at radius 3 is 2.62 bits per heavy atom. The molecule has 7 heteroatoms. The second-order valence-corrected chi connectivity index (χ2v) is 5.43. The quantitative estimate of drug-likeness (QED) is 0.314. The van der Waals surface area contributed by atoms with E-state index in [2.05, 4.69) is 5.16 Å².